The molecule has 31 heavy (non-hydrogen) atoms. The maximum Gasteiger partial charge on any atom is 0.265 e. The molecule has 2 aromatic rings. The van der Waals surface area contributed by atoms with E-state index >= 15 is 0 Å². The van der Waals surface area contributed by atoms with Crippen molar-refractivity contribution in [3.05, 3.63) is 64.8 Å². The zero-order valence-corrected chi connectivity index (χ0v) is 18.3. The molecule has 2 aliphatic rings. The van der Waals surface area contributed by atoms with Crippen LogP contribution >= 0.6 is 11.8 Å². The number of fused-ring (bicyclic) bond motifs is 1. The summed E-state index contributed by atoms with van der Waals surface area (Å²) in [4.78, 5) is 28.9. The molecule has 1 aliphatic carbocycles. The molecule has 1 heterocycles. The van der Waals surface area contributed by atoms with Gasteiger partial charge in [0.15, 0.2) is 0 Å². The van der Waals surface area contributed by atoms with E-state index in [2.05, 4.69) is 5.32 Å². The maximum atomic E-state index is 14.2. The highest BCUT2D eigenvalue weighted by molar-refractivity contribution is 8.04. The summed E-state index contributed by atoms with van der Waals surface area (Å²) in [6, 6.07) is 14.1. The number of anilines is 1. The smallest absolute Gasteiger partial charge is 0.265 e. The quantitative estimate of drug-likeness (QED) is 0.638. The van der Waals surface area contributed by atoms with Gasteiger partial charge in [-0.2, -0.15) is 0 Å². The molecule has 0 unspecified atom stereocenters. The van der Waals surface area contributed by atoms with Gasteiger partial charge >= 0.3 is 0 Å². The molecule has 1 N–H and O–H groups in total. The standard InChI is InChI=1S/C25H27FN2O2S/c26-20-13-7-6-10-18(20)16-23-25(30)28(21-14-8-9-15-22(21)31-23)17-24(29)27-19-11-4-2-1-3-5-12-19/h6-10,13-16,19H,1-5,11-12,17H2,(H,27,29)/b23-16-. The Balaban J connectivity index is 1.54. The van der Waals surface area contributed by atoms with Crippen molar-refractivity contribution in [3.8, 4) is 0 Å². The number of carbonyl (C=O) groups excluding carboxylic acids is 2. The summed E-state index contributed by atoms with van der Waals surface area (Å²) in [6.07, 6.45) is 9.50. The third-order valence-electron chi connectivity index (χ3n) is 5.80. The molecule has 0 atom stereocenters. The van der Waals surface area contributed by atoms with Crippen LogP contribution in [-0.2, 0) is 9.59 Å². The third-order valence-corrected chi connectivity index (χ3v) is 6.87. The lowest BCUT2D eigenvalue weighted by Gasteiger charge is -2.30. The van der Waals surface area contributed by atoms with Crippen molar-refractivity contribution in [2.24, 2.45) is 0 Å². The van der Waals surface area contributed by atoms with E-state index in [0.29, 0.717) is 10.5 Å². The predicted molar refractivity (Wildman–Crippen MR) is 123 cm³/mol. The van der Waals surface area contributed by atoms with Crippen molar-refractivity contribution < 1.29 is 14.0 Å². The Labute approximate surface area is 186 Å². The molecule has 1 saturated carbocycles. The lowest BCUT2D eigenvalue weighted by Crippen LogP contribution is -2.45. The molecule has 6 heteroatoms. The number of halogens is 1. The number of benzene rings is 2. The largest absolute Gasteiger partial charge is 0.352 e. The second-order valence-corrected chi connectivity index (χ2v) is 9.18. The monoisotopic (exact) mass is 438 g/mol. The van der Waals surface area contributed by atoms with Crippen LogP contribution in [0.25, 0.3) is 6.08 Å². The number of para-hydroxylation sites is 1. The fourth-order valence-corrected chi connectivity index (χ4v) is 5.22. The van der Waals surface area contributed by atoms with E-state index in [1.165, 1.54) is 42.0 Å². The van der Waals surface area contributed by atoms with Crippen LogP contribution in [-0.4, -0.2) is 24.4 Å². The Morgan fingerprint density at radius 2 is 1.71 bits per heavy atom. The fourth-order valence-electron chi connectivity index (χ4n) is 4.17. The topological polar surface area (TPSA) is 49.4 Å². The summed E-state index contributed by atoms with van der Waals surface area (Å²) in [5.74, 6) is -0.804. The zero-order valence-electron chi connectivity index (χ0n) is 17.5. The minimum Gasteiger partial charge on any atom is -0.352 e. The SMILES string of the molecule is O=C(CN1C(=O)/C(=C/c2ccccc2F)Sc2ccccc21)NC1CCCCCCC1. The van der Waals surface area contributed by atoms with Crippen molar-refractivity contribution in [1.29, 1.82) is 0 Å². The Morgan fingerprint density at radius 1 is 1.03 bits per heavy atom. The number of hydrogen-bond acceptors (Lipinski definition) is 3. The van der Waals surface area contributed by atoms with Crippen LogP contribution in [0.4, 0.5) is 10.1 Å². The lowest BCUT2D eigenvalue weighted by atomic mass is 9.97. The fraction of sp³-hybridized carbons (Fsp3) is 0.360. The van der Waals surface area contributed by atoms with Gasteiger partial charge in [0.1, 0.15) is 12.4 Å². The van der Waals surface area contributed by atoms with E-state index in [1.54, 1.807) is 24.3 Å². The number of nitrogens with zero attached hydrogens (tertiary/aromatic N) is 1. The van der Waals surface area contributed by atoms with Crippen molar-refractivity contribution in [2.75, 3.05) is 11.4 Å². The molecule has 0 bridgehead atoms. The molecule has 0 saturated heterocycles. The number of nitrogens with one attached hydrogen (secondary N) is 1. The Kier molecular flexibility index (Phi) is 7.07. The summed E-state index contributed by atoms with van der Waals surface area (Å²) in [6.45, 7) is -0.0402. The van der Waals surface area contributed by atoms with E-state index in [-0.39, 0.29) is 30.2 Å². The Hall–Kier alpha value is -2.60. The molecular weight excluding hydrogens is 411 g/mol. The average Bonchev–Trinajstić information content (AvgIpc) is 2.74. The van der Waals surface area contributed by atoms with Crippen LogP contribution in [0.2, 0.25) is 0 Å². The second kappa shape index (κ2) is 10.1. The van der Waals surface area contributed by atoms with Crippen LogP contribution in [0.3, 0.4) is 0 Å². The molecule has 162 valence electrons. The summed E-state index contributed by atoms with van der Waals surface area (Å²) < 4.78 is 14.2. The highest BCUT2D eigenvalue weighted by Crippen LogP contribution is 2.42. The van der Waals surface area contributed by atoms with Gasteiger partial charge in [-0.1, -0.05) is 74.2 Å². The molecule has 0 radical (unpaired) electrons. The van der Waals surface area contributed by atoms with Crippen LogP contribution in [0.15, 0.2) is 58.3 Å². The van der Waals surface area contributed by atoms with Gasteiger partial charge in [-0.25, -0.2) is 4.39 Å². The minimum absolute atomic E-state index is 0.0402. The molecule has 4 rings (SSSR count). The van der Waals surface area contributed by atoms with Gasteiger partial charge in [-0.3, -0.25) is 14.5 Å². The Morgan fingerprint density at radius 3 is 2.48 bits per heavy atom. The van der Waals surface area contributed by atoms with Crippen LogP contribution in [0, 0.1) is 5.82 Å². The van der Waals surface area contributed by atoms with Gasteiger partial charge in [0.25, 0.3) is 5.91 Å². The van der Waals surface area contributed by atoms with Crippen molar-refractivity contribution in [1.82, 2.24) is 5.32 Å². The summed E-state index contributed by atoms with van der Waals surface area (Å²) in [7, 11) is 0. The van der Waals surface area contributed by atoms with Gasteiger partial charge in [0.05, 0.1) is 10.6 Å². The van der Waals surface area contributed by atoms with Gasteiger partial charge in [-0.05, 0) is 37.1 Å². The predicted octanol–water partition coefficient (Wildman–Crippen LogP) is 5.53. The minimum atomic E-state index is -0.379. The summed E-state index contributed by atoms with van der Waals surface area (Å²) in [5.41, 5.74) is 1.08. The number of hydrogen-bond donors (Lipinski definition) is 1. The van der Waals surface area contributed by atoms with E-state index < -0.39 is 0 Å². The lowest BCUT2D eigenvalue weighted by molar-refractivity contribution is -0.123. The van der Waals surface area contributed by atoms with E-state index in [0.717, 1.165) is 36.3 Å². The molecule has 2 amide bonds. The first-order valence-corrected chi connectivity index (χ1v) is 11.8. The number of carbonyl (C=O) groups is 2. The molecule has 1 aliphatic heterocycles. The zero-order chi connectivity index (χ0) is 21.6. The molecule has 0 aromatic heterocycles. The van der Waals surface area contributed by atoms with Crippen LogP contribution in [0.1, 0.15) is 50.5 Å². The third kappa shape index (κ3) is 5.37. The van der Waals surface area contributed by atoms with Gasteiger partial charge in [0.2, 0.25) is 5.91 Å². The Bertz CT molecular complexity index is 983. The maximum absolute atomic E-state index is 14.2. The molecular formula is C25H27FN2O2S. The summed E-state index contributed by atoms with van der Waals surface area (Å²) in [5, 5.41) is 3.14. The second-order valence-electron chi connectivity index (χ2n) is 8.10. The van der Waals surface area contributed by atoms with E-state index in [9.17, 15) is 14.0 Å². The molecule has 2 aromatic carbocycles. The van der Waals surface area contributed by atoms with Gasteiger partial charge < -0.3 is 5.32 Å². The molecule has 0 spiro atoms. The van der Waals surface area contributed by atoms with E-state index in [4.69, 9.17) is 0 Å². The average molecular weight is 439 g/mol. The highest BCUT2D eigenvalue weighted by Gasteiger charge is 2.31. The van der Waals surface area contributed by atoms with Crippen LogP contribution < -0.4 is 10.2 Å². The van der Waals surface area contributed by atoms with E-state index in [1.807, 2.05) is 24.3 Å². The van der Waals surface area contributed by atoms with Crippen LogP contribution in [0.5, 0.6) is 0 Å². The molecule has 1 fully saturated rings. The van der Waals surface area contributed by atoms with Crippen molar-refractivity contribution in [3.63, 3.8) is 0 Å². The highest BCUT2D eigenvalue weighted by atomic mass is 32.2. The first kappa shape index (κ1) is 21.6. The number of rotatable bonds is 4. The number of thioether (sulfide) groups is 1. The molecule has 4 nitrogen and oxygen atoms in total. The normalized spacial score (nSPS) is 18.9. The van der Waals surface area contributed by atoms with Crippen molar-refractivity contribution in [2.45, 2.75) is 55.9 Å². The van der Waals surface area contributed by atoms with Gasteiger partial charge in [-0.15, -0.1) is 0 Å². The first-order chi connectivity index (χ1) is 15.1. The summed E-state index contributed by atoms with van der Waals surface area (Å²) >= 11 is 1.31. The van der Waals surface area contributed by atoms with Gasteiger partial charge in [0, 0.05) is 16.5 Å². The first-order valence-electron chi connectivity index (χ1n) is 11.0. The van der Waals surface area contributed by atoms with Crippen molar-refractivity contribution >= 4 is 35.3 Å². The number of amides is 2.